The van der Waals surface area contributed by atoms with E-state index in [0.717, 1.165) is 137 Å². The minimum Gasteiger partial charge on any atom is -0.736 e. The molecule has 3 aliphatic rings. The quantitative estimate of drug-likeness (QED) is 0.0262. The zero-order chi connectivity index (χ0) is 86.0. The fourth-order valence-corrected chi connectivity index (χ4v) is 21.0. The molecule has 0 unspecified atom stereocenters. The van der Waals surface area contributed by atoms with Crippen LogP contribution in [0.4, 0.5) is 0 Å². The molecular formula is C108H132GdO12P3. The van der Waals surface area contributed by atoms with Gasteiger partial charge in [-0.1, -0.05) is 380 Å². The van der Waals surface area contributed by atoms with E-state index in [1.54, 1.807) is 36.4 Å². The van der Waals surface area contributed by atoms with Gasteiger partial charge < -0.3 is 41.8 Å². The zero-order valence-corrected chi connectivity index (χ0v) is 79.6. The number of hydrogen-bond acceptors (Lipinski definition) is 12. The van der Waals surface area contributed by atoms with Gasteiger partial charge in [-0.15, -0.1) is 0 Å². The topological polar surface area (TPSA) is 176 Å². The van der Waals surface area contributed by atoms with E-state index in [4.69, 9.17) is 27.1 Å². The summed E-state index contributed by atoms with van der Waals surface area (Å²) in [6.45, 7) is 13.5. The van der Waals surface area contributed by atoms with Crippen LogP contribution >= 0.6 is 23.5 Å². The molecule has 0 amide bonds. The largest absolute Gasteiger partial charge is 3.00 e. The predicted octanol–water partition coefficient (Wildman–Crippen LogP) is 32.1. The maximum Gasteiger partial charge on any atom is 3.00 e. The van der Waals surface area contributed by atoms with Gasteiger partial charge in [-0.25, -0.2) is 13.7 Å². The van der Waals surface area contributed by atoms with Gasteiger partial charge in [-0.2, -0.15) is 0 Å². The Kier molecular flexibility index (Phi) is 37.0. The van der Waals surface area contributed by atoms with Crippen molar-refractivity contribution in [3.05, 3.63) is 215 Å². The van der Waals surface area contributed by atoms with Crippen molar-refractivity contribution < 1.29 is 95.5 Å². The van der Waals surface area contributed by atoms with Crippen molar-refractivity contribution in [2.24, 2.45) is 0 Å². The van der Waals surface area contributed by atoms with Crippen LogP contribution in [0.2, 0.25) is 0 Å². The number of fused-ring (bicyclic) bond motifs is 21. The molecule has 1 radical (unpaired) electrons. The maximum atomic E-state index is 12.8. The van der Waals surface area contributed by atoms with Gasteiger partial charge in [-0.05, 0) is 211 Å². The molecule has 16 heteroatoms. The second kappa shape index (κ2) is 47.8. The van der Waals surface area contributed by atoms with Gasteiger partial charge in [0.2, 0.25) is 0 Å². The van der Waals surface area contributed by atoms with Crippen molar-refractivity contribution in [3.8, 4) is 67.9 Å². The van der Waals surface area contributed by atoms with Crippen LogP contribution in [0.5, 0.6) is 34.5 Å². The molecule has 0 atom stereocenters. The average Bonchev–Trinajstić information content (AvgIpc) is 1.47. The van der Waals surface area contributed by atoms with Crippen LogP contribution in [0.3, 0.4) is 0 Å². The Morgan fingerprint density at radius 3 is 0.476 bits per heavy atom. The van der Waals surface area contributed by atoms with Crippen LogP contribution in [0.1, 0.15) is 306 Å². The summed E-state index contributed by atoms with van der Waals surface area (Å²) in [6.07, 6.45) is 52.2. The third-order valence-electron chi connectivity index (χ3n) is 25.2. The molecule has 0 fully saturated rings. The minimum atomic E-state index is -4.57. The standard InChI is InChI=1S/3C36H45O4P.Gd/c3*1-3-5-7-9-11-13-15-27-17-21-31-29(25-27)19-23-33-35(31)36-32-22-18-28(16-14-12-10-8-6-4-2)26-30(32)20-24-34(36)40-41(37,38)39-33;/h3*17-26H,3-16H2,1-2H3,(H,37,38);/q;;;+3/p-3. The summed E-state index contributed by atoms with van der Waals surface area (Å²) in [5.74, 6) is 1.93. The number of hydrogen-bond donors (Lipinski definition) is 0. The average molecular weight is 1870 g/mol. The van der Waals surface area contributed by atoms with Gasteiger partial charge in [-0.3, -0.25) is 0 Å². The second-order valence-corrected chi connectivity index (χ2v) is 38.7. The van der Waals surface area contributed by atoms with Crippen molar-refractivity contribution in [1.29, 1.82) is 0 Å². The summed E-state index contributed by atoms with van der Waals surface area (Å²) < 4.78 is 71.5. The van der Waals surface area contributed by atoms with E-state index in [-0.39, 0.29) is 39.9 Å². The molecule has 659 valence electrons. The molecule has 12 aromatic rings. The molecule has 0 spiro atoms. The van der Waals surface area contributed by atoms with Crippen LogP contribution in [0, 0.1) is 39.9 Å². The minimum absolute atomic E-state index is 0. The third-order valence-corrected chi connectivity index (χ3v) is 27.7. The maximum absolute atomic E-state index is 12.8. The summed E-state index contributed by atoms with van der Waals surface area (Å²) >= 11 is 0. The normalized spacial score (nSPS) is 13.7. The van der Waals surface area contributed by atoms with Crippen molar-refractivity contribution >= 4 is 88.1 Å². The van der Waals surface area contributed by atoms with E-state index in [9.17, 15) is 28.4 Å². The number of benzene rings is 12. The van der Waals surface area contributed by atoms with Gasteiger partial charge in [0.1, 0.15) is 34.5 Å². The fourth-order valence-electron chi connectivity index (χ4n) is 18.5. The van der Waals surface area contributed by atoms with Crippen LogP contribution in [0.25, 0.3) is 98.0 Å². The molecule has 0 aromatic heterocycles. The van der Waals surface area contributed by atoms with Crippen molar-refractivity contribution in [2.45, 2.75) is 311 Å². The van der Waals surface area contributed by atoms with E-state index in [0.29, 0.717) is 34.5 Å². The molecule has 0 N–H and O–H groups in total. The smallest absolute Gasteiger partial charge is 0.736 e. The zero-order valence-electron chi connectivity index (χ0n) is 74.6. The Hall–Kier alpha value is -7.11. The first kappa shape index (κ1) is 96.0. The fraction of sp³-hybridized carbons (Fsp3) is 0.444. The van der Waals surface area contributed by atoms with Crippen LogP contribution in [-0.2, 0) is 52.2 Å². The first-order valence-corrected chi connectivity index (χ1v) is 51.8. The Labute approximate surface area is 771 Å². The number of phosphoric ester groups is 3. The first-order valence-electron chi connectivity index (χ1n) is 47.4. The molecule has 124 heavy (non-hydrogen) atoms. The second-order valence-electron chi connectivity index (χ2n) is 35.0. The molecule has 0 aliphatic carbocycles. The van der Waals surface area contributed by atoms with Crippen LogP contribution in [0.15, 0.2) is 182 Å². The molecule has 0 saturated heterocycles. The monoisotopic (exact) mass is 1870 g/mol. The molecule has 0 bridgehead atoms. The van der Waals surface area contributed by atoms with E-state index < -0.39 is 23.5 Å². The van der Waals surface area contributed by atoms with Crippen molar-refractivity contribution in [1.82, 2.24) is 0 Å². The first-order chi connectivity index (χ1) is 60.0. The van der Waals surface area contributed by atoms with Gasteiger partial charge in [0.05, 0.1) is 0 Å². The van der Waals surface area contributed by atoms with E-state index >= 15 is 0 Å². The van der Waals surface area contributed by atoms with Gasteiger partial charge in [0.25, 0.3) is 0 Å². The number of rotatable bonds is 42. The third kappa shape index (κ3) is 26.1. The van der Waals surface area contributed by atoms with Crippen LogP contribution < -0.4 is 41.8 Å². The Morgan fingerprint density at radius 2 is 0.331 bits per heavy atom. The van der Waals surface area contributed by atoms with Gasteiger partial charge in [0.15, 0.2) is 0 Å². The van der Waals surface area contributed by atoms with E-state index in [1.165, 1.54) is 265 Å². The number of aryl methyl sites for hydroxylation is 6. The summed E-state index contributed by atoms with van der Waals surface area (Å²) in [4.78, 5) is 38.4. The van der Waals surface area contributed by atoms with Gasteiger partial charge >= 0.3 is 63.4 Å². The summed E-state index contributed by atoms with van der Waals surface area (Å²) in [5.41, 5.74) is 12.6. The van der Waals surface area contributed by atoms with E-state index in [2.05, 4.69) is 151 Å². The Morgan fingerprint density at radius 1 is 0.194 bits per heavy atom. The van der Waals surface area contributed by atoms with Crippen molar-refractivity contribution in [3.63, 3.8) is 0 Å². The molecular weight excluding hydrogens is 1740 g/mol. The molecule has 12 aromatic carbocycles. The molecule has 0 saturated carbocycles. The van der Waals surface area contributed by atoms with Gasteiger partial charge in [0, 0.05) is 33.4 Å². The summed E-state index contributed by atoms with van der Waals surface area (Å²) in [6, 6.07) is 61.8. The molecule has 3 aliphatic heterocycles. The molecule has 3 heterocycles. The summed E-state index contributed by atoms with van der Waals surface area (Å²) in [5, 5.41) is 12.4. The SMILES string of the molecule is CCCCCCCCc1ccc2c3c(ccc2c1)OP(=O)([O-])Oc1ccc2cc(CCCCCCCC)ccc2c1-3.CCCCCCCCc1ccc2c3c(ccc2c1)OP(=O)([O-])Oc1ccc2cc(CCCCCCCC)ccc2c1-3.CCCCCCCCc1ccc2c3c(ccc2c1)OP(=O)([O-])Oc1ccc2cc(CCCCCCCC)ccc2c1-3.[Gd+3]. The van der Waals surface area contributed by atoms with Crippen LogP contribution in [-0.4, -0.2) is 0 Å². The number of phosphoric acid groups is 3. The summed E-state index contributed by atoms with van der Waals surface area (Å²) in [7, 11) is -13.7. The molecule has 15 rings (SSSR count). The number of unbranched alkanes of at least 4 members (excludes halogenated alkanes) is 30. The Balaban J connectivity index is 0.000000169. The van der Waals surface area contributed by atoms with Crippen molar-refractivity contribution in [2.75, 3.05) is 0 Å². The predicted molar refractivity (Wildman–Crippen MR) is 510 cm³/mol. The molecule has 12 nitrogen and oxygen atoms in total. The Bertz CT molecular complexity index is 4800. The van der Waals surface area contributed by atoms with E-state index in [1.807, 2.05) is 36.4 Å².